The predicted octanol–water partition coefficient (Wildman–Crippen LogP) is 0.213. The van der Waals surface area contributed by atoms with E-state index in [2.05, 4.69) is 10.3 Å². The third kappa shape index (κ3) is 2.28. The first-order valence-electron chi connectivity index (χ1n) is 3.21. The maximum absolute atomic E-state index is 9.97. The van der Waals surface area contributed by atoms with Gasteiger partial charge in [-0.2, -0.15) is 0 Å². The predicted molar refractivity (Wildman–Crippen MR) is 44.6 cm³/mol. The summed E-state index contributed by atoms with van der Waals surface area (Å²) in [6.45, 7) is 0.588. The molecule has 0 atom stereocenters. The molecule has 4 nitrogen and oxygen atoms in total. The van der Waals surface area contributed by atoms with E-state index in [4.69, 9.17) is 5.73 Å². The number of nitrogens with zero attached hydrogens (tertiary/aromatic N) is 1. The first-order valence-corrected chi connectivity index (χ1v) is 4.09. The van der Waals surface area contributed by atoms with Gasteiger partial charge in [-0.05, 0) is 6.54 Å². The van der Waals surface area contributed by atoms with Crippen LogP contribution in [-0.2, 0) is 11.2 Å². The lowest BCUT2D eigenvalue weighted by atomic mass is 10.3. The van der Waals surface area contributed by atoms with E-state index < -0.39 is 0 Å². The van der Waals surface area contributed by atoms with Crippen LogP contribution in [0.1, 0.15) is 5.69 Å². The van der Waals surface area contributed by atoms with E-state index in [0.717, 1.165) is 12.1 Å². The Morgan fingerprint density at radius 3 is 3.27 bits per heavy atom. The standard InChI is InChI=1S/C6H9N3OS/c7-2-1-5-3-11-6(9-5)8-4-10/h3-4H,1-2,7H2,(H,8,9,10). The zero-order chi connectivity index (χ0) is 8.10. The number of aromatic nitrogens is 1. The van der Waals surface area contributed by atoms with Crippen LogP contribution in [0.5, 0.6) is 0 Å². The topological polar surface area (TPSA) is 68.0 Å². The van der Waals surface area contributed by atoms with Gasteiger partial charge in [-0.15, -0.1) is 11.3 Å². The van der Waals surface area contributed by atoms with Gasteiger partial charge in [0, 0.05) is 11.8 Å². The van der Waals surface area contributed by atoms with Gasteiger partial charge in [-0.1, -0.05) is 0 Å². The molecule has 0 aliphatic heterocycles. The molecule has 0 fully saturated rings. The van der Waals surface area contributed by atoms with Gasteiger partial charge in [-0.3, -0.25) is 4.79 Å². The minimum Gasteiger partial charge on any atom is -0.330 e. The van der Waals surface area contributed by atoms with Gasteiger partial charge in [0.05, 0.1) is 5.69 Å². The molecule has 1 rings (SSSR count). The number of anilines is 1. The van der Waals surface area contributed by atoms with E-state index in [-0.39, 0.29) is 0 Å². The van der Waals surface area contributed by atoms with Crippen molar-refractivity contribution in [2.45, 2.75) is 6.42 Å². The third-order valence-electron chi connectivity index (χ3n) is 1.13. The van der Waals surface area contributed by atoms with Crippen LogP contribution in [0.2, 0.25) is 0 Å². The highest BCUT2D eigenvalue weighted by molar-refractivity contribution is 7.13. The molecule has 0 spiro atoms. The minimum atomic E-state index is 0.588. The Hall–Kier alpha value is -0.940. The number of nitrogens with two attached hydrogens (primary N) is 1. The van der Waals surface area contributed by atoms with E-state index in [1.54, 1.807) is 0 Å². The fourth-order valence-electron chi connectivity index (χ4n) is 0.686. The van der Waals surface area contributed by atoms with Crippen molar-refractivity contribution in [2.24, 2.45) is 5.73 Å². The molecule has 0 aliphatic rings. The van der Waals surface area contributed by atoms with Crippen LogP contribution in [0.25, 0.3) is 0 Å². The maximum Gasteiger partial charge on any atom is 0.213 e. The molecule has 11 heavy (non-hydrogen) atoms. The van der Waals surface area contributed by atoms with E-state index in [0.29, 0.717) is 18.1 Å². The molecule has 0 aliphatic carbocycles. The van der Waals surface area contributed by atoms with Crippen LogP contribution in [-0.4, -0.2) is 17.9 Å². The minimum absolute atomic E-state index is 0.588. The van der Waals surface area contributed by atoms with Crippen molar-refractivity contribution in [3.8, 4) is 0 Å². The fourth-order valence-corrected chi connectivity index (χ4v) is 1.39. The second kappa shape index (κ2) is 4.05. The highest BCUT2D eigenvalue weighted by Crippen LogP contribution is 2.14. The van der Waals surface area contributed by atoms with Gasteiger partial charge in [0.2, 0.25) is 6.41 Å². The molecule has 0 saturated carbocycles. The monoisotopic (exact) mass is 171 g/mol. The second-order valence-electron chi connectivity index (χ2n) is 1.94. The normalized spacial score (nSPS) is 9.55. The summed E-state index contributed by atoms with van der Waals surface area (Å²) >= 11 is 1.41. The van der Waals surface area contributed by atoms with Crippen molar-refractivity contribution < 1.29 is 4.79 Å². The molecular formula is C6H9N3OS. The first kappa shape index (κ1) is 8.16. The van der Waals surface area contributed by atoms with Crippen LogP contribution < -0.4 is 11.1 Å². The lowest BCUT2D eigenvalue weighted by molar-refractivity contribution is -0.105. The zero-order valence-electron chi connectivity index (χ0n) is 5.91. The summed E-state index contributed by atoms with van der Waals surface area (Å²) in [6, 6.07) is 0. The summed E-state index contributed by atoms with van der Waals surface area (Å²) in [6.07, 6.45) is 1.38. The third-order valence-corrected chi connectivity index (χ3v) is 1.96. The molecule has 1 aromatic rings. The van der Waals surface area contributed by atoms with Crippen LogP contribution in [0.15, 0.2) is 5.38 Å². The van der Waals surface area contributed by atoms with Crippen molar-refractivity contribution in [1.29, 1.82) is 0 Å². The van der Waals surface area contributed by atoms with Gasteiger partial charge >= 0.3 is 0 Å². The molecule has 5 heteroatoms. The van der Waals surface area contributed by atoms with Crippen molar-refractivity contribution in [1.82, 2.24) is 4.98 Å². The van der Waals surface area contributed by atoms with Crippen LogP contribution in [0, 0.1) is 0 Å². The SMILES string of the molecule is NCCc1csc(NC=O)n1. The molecule has 0 bridgehead atoms. The highest BCUT2D eigenvalue weighted by Gasteiger charge is 1.98. The quantitative estimate of drug-likeness (QED) is 0.636. The summed E-state index contributed by atoms with van der Waals surface area (Å²) in [5.41, 5.74) is 6.25. The Morgan fingerprint density at radius 1 is 1.82 bits per heavy atom. The Labute approximate surface area is 68.4 Å². The molecule has 1 heterocycles. The summed E-state index contributed by atoms with van der Waals surface area (Å²) < 4.78 is 0. The fraction of sp³-hybridized carbons (Fsp3) is 0.333. The lowest BCUT2D eigenvalue weighted by Gasteiger charge is -1.88. The van der Waals surface area contributed by atoms with Crippen LogP contribution in [0.3, 0.4) is 0 Å². The Balaban J connectivity index is 2.57. The molecule has 1 aromatic heterocycles. The number of carbonyl (C=O) groups is 1. The number of carbonyl (C=O) groups excluding carboxylic acids is 1. The van der Waals surface area contributed by atoms with E-state index in [1.165, 1.54) is 11.3 Å². The van der Waals surface area contributed by atoms with Crippen molar-refractivity contribution >= 4 is 22.9 Å². The van der Waals surface area contributed by atoms with Gasteiger partial charge < -0.3 is 11.1 Å². The van der Waals surface area contributed by atoms with Crippen molar-refractivity contribution in [3.63, 3.8) is 0 Å². The first-order chi connectivity index (χ1) is 5.36. The van der Waals surface area contributed by atoms with Gasteiger partial charge in [-0.25, -0.2) is 4.98 Å². The summed E-state index contributed by atoms with van der Waals surface area (Å²) in [5.74, 6) is 0. The van der Waals surface area contributed by atoms with Gasteiger partial charge in [0.1, 0.15) is 0 Å². The number of hydrogen-bond donors (Lipinski definition) is 2. The average molecular weight is 171 g/mol. The Kier molecular flexibility index (Phi) is 3.00. The van der Waals surface area contributed by atoms with E-state index >= 15 is 0 Å². The molecule has 1 amide bonds. The number of hydrogen-bond acceptors (Lipinski definition) is 4. The van der Waals surface area contributed by atoms with Gasteiger partial charge in [0.15, 0.2) is 5.13 Å². The Bertz CT molecular complexity index is 235. The zero-order valence-corrected chi connectivity index (χ0v) is 6.73. The number of thiazole rings is 1. The van der Waals surface area contributed by atoms with Crippen molar-refractivity contribution in [3.05, 3.63) is 11.1 Å². The maximum atomic E-state index is 9.97. The molecule has 3 N–H and O–H groups in total. The molecule has 0 radical (unpaired) electrons. The molecule has 0 aromatic carbocycles. The molecular weight excluding hydrogens is 162 g/mol. The largest absolute Gasteiger partial charge is 0.330 e. The van der Waals surface area contributed by atoms with Crippen LogP contribution in [0.4, 0.5) is 5.13 Å². The highest BCUT2D eigenvalue weighted by atomic mass is 32.1. The average Bonchev–Trinajstić information content (AvgIpc) is 2.38. The van der Waals surface area contributed by atoms with E-state index in [1.807, 2.05) is 5.38 Å². The second-order valence-corrected chi connectivity index (χ2v) is 2.80. The summed E-state index contributed by atoms with van der Waals surface area (Å²) in [4.78, 5) is 14.1. The number of amides is 1. The van der Waals surface area contributed by atoms with E-state index in [9.17, 15) is 4.79 Å². The number of rotatable bonds is 4. The lowest BCUT2D eigenvalue weighted by Crippen LogP contribution is -2.03. The smallest absolute Gasteiger partial charge is 0.213 e. The molecule has 0 unspecified atom stereocenters. The number of nitrogens with one attached hydrogen (secondary N) is 1. The molecule has 0 saturated heterocycles. The Morgan fingerprint density at radius 2 is 2.64 bits per heavy atom. The summed E-state index contributed by atoms with van der Waals surface area (Å²) in [7, 11) is 0. The summed E-state index contributed by atoms with van der Waals surface area (Å²) in [5, 5.41) is 4.99. The van der Waals surface area contributed by atoms with Gasteiger partial charge in [0.25, 0.3) is 0 Å². The van der Waals surface area contributed by atoms with Crippen LogP contribution >= 0.6 is 11.3 Å². The van der Waals surface area contributed by atoms with Crippen molar-refractivity contribution in [2.75, 3.05) is 11.9 Å². The molecule has 60 valence electrons.